The second kappa shape index (κ2) is 8.35. The zero-order valence-corrected chi connectivity index (χ0v) is 17.3. The van der Waals surface area contributed by atoms with Crippen LogP contribution in [-0.4, -0.2) is 38.5 Å². The van der Waals surface area contributed by atoms with Crippen LogP contribution in [0, 0.1) is 0 Å². The molecule has 0 aliphatic rings. The number of nitrogens with zero attached hydrogens (tertiary/aromatic N) is 2. The van der Waals surface area contributed by atoms with Crippen LogP contribution in [0.1, 0.15) is 22.8 Å². The zero-order valence-electron chi connectivity index (χ0n) is 17.3. The van der Waals surface area contributed by atoms with Crippen LogP contribution in [0.4, 0.5) is 0 Å². The van der Waals surface area contributed by atoms with E-state index in [2.05, 4.69) is 9.97 Å². The predicted molar refractivity (Wildman–Crippen MR) is 121 cm³/mol. The number of benzene rings is 2. The molecule has 0 aliphatic heterocycles. The van der Waals surface area contributed by atoms with Gasteiger partial charge in [-0.2, -0.15) is 0 Å². The van der Waals surface area contributed by atoms with E-state index in [9.17, 15) is 9.59 Å². The van der Waals surface area contributed by atoms with E-state index < -0.39 is 5.97 Å². The highest BCUT2D eigenvalue weighted by Gasteiger charge is 2.14. The third-order valence-corrected chi connectivity index (χ3v) is 4.92. The van der Waals surface area contributed by atoms with Gasteiger partial charge >= 0.3 is 5.97 Å². The summed E-state index contributed by atoms with van der Waals surface area (Å²) in [6.07, 6.45) is 5.41. The van der Waals surface area contributed by atoms with E-state index in [1.165, 1.54) is 7.11 Å². The van der Waals surface area contributed by atoms with Gasteiger partial charge < -0.3 is 14.8 Å². The lowest BCUT2D eigenvalue weighted by atomic mass is 10.1. The first-order chi connectivity index (χ1) is 15.4. The summed E-state index contributed by atoms with van der Waals surface area (Å²) in [6, 6.07) is 15.2. The Morgan fingerprint density at radius 3 is 2.56 bits per heavy atom. The van der Waals surface area contributed by atoms with Crippen molar-refractivity contribution in [3.8, 4) is 0 Å². The number of methoxy groups -OCH3 is 1. The van der Waals surface area contributed by atoms with Crippen molar-refractivity contribution in [2.75, 3.05) is 7.11 Å². The Labute approximate surface area is 181 Å². The van der Waals surface area contributed by atoms with Gasteiger partial charge in [-0.05, 0) is 29.2 Å². The number of carbonyl (C=O) groups excluding carboxylic acids is 1. The fraction of sp³-hybridized carbons (Fsp3) is 0.0833. The van der Waals surface area contributed by atoms with Crippen molar-refractivity contribution in [2.24, 2.45) is 0 Å². The molecule has 5 aromatic rings. The molecule has 2 heterocycles. The number of nitrogens with one attached hydrogen (secondary N) is 1. The first-order valence-electron chi connectivity index (χ1n) is 9.69. The van der Waals surface area contributed by atoms with E-state index >= 15 is 0 Å². The van der Waals surface area contributed by atoms with Gasteiger partial charge in [-0.3, -0.25) is 14.0 Å². The summed E-state index contributed by atoms with van der Waals surface area (Å²) >= 11 is 0. The summed E-state index contributed by atoms with van der Waals surface area (Å²) in [5.41, 5.74) is 3.10. The molecule has 0 atom stereocenters. The molecule has 3 aromatic carbocycles. The minimum absolute atomic E-state index is 0.229. The third kappa shape index (κ3) is 3.69. The number of aliphatic carboxylic acids is 1. The van der Waals surface area contributed by atoms with Gasteiger partial charge in [0.15, 0.2) is 0 Å². The first-order valence-corrected chi connectivity index (χ1v) is 9.69. The molecular weight excluding hydrogens is 410 g/mol. The van der Waals surface area contributed by atoms with Crippen LogP contribution in [0.15, 0.2) is 65.7 Å². The minimum Gasteiger partial charge on any atom is -0.481 e. The number of H-pyrrole nitrogens is 1. The maximum absolute atomic E-state index is 12.4. The summed E-state index contributed by atoms with van der Waals surface area (Å²) in [4.78, 5) is 40.5. The number of hydrogen-bond acceptors (Lipinski definition) is 5. The van der Waals surface area contributed by atoms with Gasteiger partial charge in [0.05, 0.1) is 23.7 Å². The summed E-state index contributed by atoms with van der Waals surface area (Å²) in [5.74, 6) is -1.21. The minimum atomic E-state index is -0.833. The Kier molecular flexibility index (Phi) is 5.43. The van der Waals surface area contributed by atoms with Crippen molar-refractivity contribution in [1.82, 2.24) is 14.4 Å². The Bertz CT molecular complexity index is 1590. The summed E-state index contributed by atoms with van der Waals surface area (Å²) in [6.45, 7) is 1.08. The number of rotatable bonds is 2. The average molecular weight is 429 g/mol. The maximum atomic E-state index is 12.4. The van der Waals surface area contributed by atoms with Crippen molar-refractivity contribution >= 4 is 45.5 Å². The van der Waals surface area contributed by atoms with Crippen LogP contribution < -0.4 is 10.8 Å². The fourth-order valence-electron chi connectivity index (χ4n) is 3.71. The van der Waals surface area contributed by atoms with Gasteiger partial charge in [-0.1, -0.05) is 36.4 Å². The molecule has 0 radical (unpaired) electrons. The number of hydrogen-bond donors (Lipinski definition) is 2. The van der Waals surface area contributed by atoms with Gasteiger partial charge in [-0.25, -0.2) is 9.78 Å². The summed E-state index contributed by atoms with van der Waals surface area (Å²) < 4.78 is 6.63. The normalized spacial score (nSPS) is 11.5. The molecule has 8 heteroatoms. The molecule has 0 saturated carbocycles. The van der Waals surface area contributed by atoms with Crippen LogP contribution in [0.5, 0.6) is 0 Å². The molecule has 0 bridgehead atoms. The molecule has 0 spiro atoms. The summed E-state index contributed by atoms with van der Waals surface area (Å²) in [5, 5.41) is 10.3. The standard InChI is InChI=1S/C22H15N3O3.C2H4O2/c1-28-22(27)14-6-4-5-13(11-14)12-17-15-7-2-3-8-16(15)18-19(17)25-10-9-23-20(25)21(26)24-18;1-2(3)4/h2-12H,1H3,(H,24,26);1H3,(H,3,4)/b17-12-;. The third-order valence-electron chi connectivity index (χ3n) is 4.92. The Morgan fingerprint density at radius 1 is 1.12 bits per heavy atom. The highest BCUT2D eigenvalue weighted by atomic mass is 16.5. The van der Waals surface area contributed by atoms with Gasteiger partial charge in [0, 0.05) is 29.9 Å². The molecule has 0 aliphatic carbocycles. The number of carboxylic acids is 1. The van der Waals surface area contributed by atoms with E-state index in [-0.39, 0.29) is 11.5 Å². The second-order valence-corrected chi connectivity index (χ2v) is 7.04. The van der Waals surface area contributed by atoms with E-state index in [4.69, 9.17) is 14.6 Å². The topological polar surface area (TPSA) is 114 Å². The second-order valence-electron chi connectivity index (χ2n) is 7.04. The molecule has 2 N–H and O–H groups in total. The number of fused-ring (bicyclic) bond motifs is 5. The highest BCUT2D eigenvalue weighted by Crippen LogP contribution is 2.22. The Balaban J connectivity index is 0.000000567. The average Bonchev–Trinajstić information content (AvgIpc) is 3.38. The first kappa shape index (κ1) is 20.8. The summed E-state index contributed by atoms with van der Waals surface area (Å²) in [7, 11) is 1.36. The van der Waals surface area contributed by atoms with Gasteiger partial charge in [0.25, 0.3) is 11.5 Å². The SMILES string of the molecule is CC(=O)O.COC(=O)c1cccc(/C=c2/c3ccccc3c3[nH]c(=O)c4nccn4c23)c1. The van der Waals surface area contributed by atoms with Gasteiger partial charge in [-0.15, -0.1) is 0 Å². The van der Waals surface area contributed by atoms with Crippen LogP contribution in [0.3, 0.4) is 0 Å². The Hall–Kier alpha value is -4.46. The van der Waals surface area contributed by atoms with Crippen molar-refractivity contribution in [2.45, 2.75) is 6.92 Å². The van der Waals surface area contributed by atoms with Crippen molar-refractivity contribution in [3.05, 3.63) is 87.6 Å². The largest absolute Gasteiger partial charge is 0.481 e. The lowest BCUT2D eigenvalue weighted by Gasteiger charge is -2.01. The van der Waals surface area contributed by atoms with E-state index in [0.717, 1.165) is 39.5 Å². The van der Waals surface area contributed by atoms with E-state index in [0.29, 0.717) is 11.2 Å². The quantitative estimate of drug-likeness (QED) is 0.417. The molecule has 32 heavy (non-hydrogen) atoms. The lowest BCUT2D eigenvalue weighted by molar-refractivity contribution is -0.134. The number of ether oxygens (including phenoxy) is 1. The van der Waals surface area contributed by atoms with Crippen molar-refractivity contribution < 1.29 is 19.4 Å². The Morgan fingerprint density at radius 2 is 1.84 bits per heavy atom. The van der Waals surface area contributed by atoms with E-state index in [1.54, 1.807) is 24.5 Å². The molecular formula is C24H19N3O5. The van der Waals surface area contributed by atoms with Crippen molar-refractivity contribution in [3.63, 3.8) is 0 Å². The number of aromatic amines is 1. The smallest absolute Gasteiger partial charge is 0.337 e. The number of carbonyl (C=O) groups is 2. The lowest BCUT2D eigenvalue weighted by Crippen LogP contribution is -2.13. The van der Waals surface area contributed by atoms with Crippen molar-refractivity contribution in [1.29, 1.82) is 0 Å². The molecule has 0 amide bonds. The fourth-order valence-corrected chi connectivity index (χ4v) is 3.71. The zero-order chi connectivity index (χ0) is 22.8. The van der Waals surface area contributed by atoms with Crippen LogP contribution in [-0.2, 0) is 9.53 Å². The molecule has 2 aromatic heterocycles. The van der Waals surface area contributed by atoms with Gasteiger partial charge in [0.1, 0.15) is 0 Å². The van der Waals surface area contributed by atoms with Gasteiger partial charge in [0.2, 0.25) is 5.65 Å². The highest BCUT2D eigenvalue weighted by molar-refractivity contribution is 6.10. The predicted octanol–water partition coefficient (Wildman–Crippen LogP) is 2.75. The number of esters is 1. The molecule has 0 unspecified atom stereocenters. The maximum Gasteiger partial charge on any atom is 0.337 e. The van der Waals surface area contributed by atoms with Crippen LogP contribution in [0.2, 0.25) is 0 Å². The molecule has 5 rings (SSSR count). The molecule has 8 nitrogen and oxygen atoms in total. The molecule has 160 valence electrons. The number of imidazole rings is 1. The number of aromatic nitrogens is 3. The van der Waals surface area contributed by atoms with E-state index in [1.807, 2.05) is 46.9 Å². The number of carboxylic acid groups (broad SMARTS) is 1. The monoisotopic (exact) mass is 429 g/mol. The van der Waals surface area contributed by atoms with Crippen LogP contribution in [0.25, 0.3) is 33.5 Å². The molecule has 0 saturated heterocycles. The van der Waals surface area contributed by atoms with Crippen LogP contribution >= 0.6 is 0 Å². The molecule has 0 fully saturated rings.